The monoisotopic (exact) mass is 155 g/mol. The van der Waals surface area contributed by atoms with E-state index in [2.05, 4.69) is 15.1 Å². The summed E-state index contributed by atoms with van der Waals surface area (Å²) >= 11 is 0. The van der Waals surface area contributed by atoms with Crippen molar-refractivity contribution in [3.8, 4) is 0 Å². The second-order valence-corrected chi connectivity index (χ2v) is 2.46. The smallest absolute Gasteiger partial charge is 0.293 e. The summed E-state index contributed by atoms with van der Waals surface area (Å²) in [5.74, 6) is 0. The van der Waals surface area contributed by atoms with Crippen molar-refractivity contribution in [3.63, 3.8) is 0 Å². The molecule has 1 aromatic carbocycles. The van der Waals surface area contributed by atoms with Gasteiger partial charge in [-0.3, -0.25) is 5.03 Å². The molecule has 56 valence electrons. The summed E-state index contributed by atoms with van der Waals surface area (Å²) in [7, 11) is 4.93. The molecule has 0 aliphatic rings. The van der Waals surface area contributed by atoms with E-state index in [0.717, 1.165) is 16.6 Å². The quantitative estimate of drug-likeness (QED) is 0.484. The molecule has 0 aliphatic carbocycles. The molecule has 0 atom stereocenters. The van der Waals surface area contributed by atoms with E-state index in [4.69, 9.17) is 7.98 Å². The maximum atomic E-state index is 4.93. The van der Waals surface area contributed by atoms with Crippen molar-refractivity contribution in [2.24, 2.45) is 10.1 Å². The Morgan fingerprint density at radius 3 is 3.00 bits per heavy atom. The minimum absolute atomic E-state index is 0.757. The zero-order valence-corrected chi connectivity index (χ0v) is 6.36. The minimum Gasteiger partial charge on any atom is -0.361 e. The molecule has 2 rings (SSSR count). The zero-order chi connectivity index (χ0) is 8.39. The fourth-order valence-electron chi connectivity index (χ4n) is 1.16. The molecule has 0 saturated carbocycles. The number of hydrogen-bond acceptors (Lipinski definition) is 2. The molecular weight excluding hydrogens is 149 g/mol. The molecule has 2 radical (unpaired) electrons. The molecule has 0 bridgehead atoms. The van der Waals surface area contributed by atoms with Crippen molar-refractivity contribution < 1.29 is 0 Å². The summed E-state index contributed by atoms with van der Waals surface area (Å²) < 4.78 is 0. The molecule has 2 aromatic rings. The van der Waals surface area contributed by atoms with Gasteiger partial charge in [-0.1, -0.05) is 6.07 Å². The van der Waals surface area contributed by atoms with Gasteiger partial charge in [0, 0.05) is 11.7 Å². The van der Waals surface area contributed by atoms with Crippen molar-refractivity contribution in [2.75, 3.05) is 0 Å². The highest BCUT2D eigenvalue weighted by atomic mass is 15.0. The SMILES string of the molecule is [B]N=Nc1ccc2cc[nH]c2c1. The predicted octanol–water partition coefficient (Wildman–Crippen LogP) is 2.34. The van der Waals surface area contributed by atoms with Crippen LogP contribution in [0.5, 0.6) is 0 Å². The minimum atomic E-state index is 0.757. The lowest BCUT2D eigenvalue weighted by molar-refractivity contribution is 1.33. The Kier molecular flexibility index (Phi) is 1.66. The molecule has 1 aromatic heterocycles. The Morgan fingerprint density at radius 2 is 2.17 bits per heavy atom. The molecule has 3 nitrogen and oxygen atoms in total. The molecule has 0 fully saturated rings. The van der Waals surface area contributed by atoms with E-state index < -0.39 is 0 Å². The molecule has 0 aliphatic heterocycles. The van der Waals surface area contributed by atoms with Crippen LogP contribution in [0.2, 0.25) is 0 Å². The maximum Gasteiger partial charge on any atom is 0.293 e. The van der Waals surface area contributed by atoms with Crippen molar-refractivity contribution in [3.05, 3.63) is 30.5 Å². The van der Waals surface area contributed by atoms with Gasteiger partial charge in [0.15, 0.2) is 0 Å². The van der Waals surface area contributed by atoms with Crippen LogP contribution in [0.3, 0.4) is 0 Å². The topological polar surface area (TPSA) is 40.5 Å². The number of nitrogens with one attached hydrogen (secondary N) is 1. The van der Waals surface area contributed by atoms with Crippen LogP contribution in [0.25, 0.3) is 10.9 Å². The predicted molar refractivity (Wildman–Crippen MR) is 48.6 cm³/mol. The first-order valence-electron chi connectivity index (χ1n) is 3.58. The van der Waals surface area contributed by atoms with Gasteiger partial charge in [-0.25, -0.2) is 0 Å². The average Bonchev–Trinajstić information content (AvgIpc) is 2.51. The molecule has 0 spiro atoms. The van der Waals surface area contributed by atoms with Gasteiger partial charge in [0.05, 0.1) is 5.69 Å². The van der Waals surface area contributed by atoms with Crippen LogP contribution >= 0.6 is 0 Å². The number of hydrogen-bond donors (Lipinski definition) is 1. The number of nitrogens with zero attached hydrogens (tertiary/aromatic N) is 2. The van der Waals surface area contributed by atoms with Gasteiger partial charge >= 0.3 is 0 Å². The van der Waals surface area contributed by atoms with Crippen molar-refractivity contribution in [1.29, 1.82) is 0 Å². The Morgan fingerprint density at radius 1 is 1.25 bits per heavy atom. The van der Waals surface area contributed by atoms with Gasteiger partial charge in [-0.05, 0) is 23.6 Å². The molecule has 12 heavy (non-hydrogen) atoms. The fourth-order valence-corrected chi connectivity index (χ4v) is 1.16. The van der Waals surface area contributed by atoms with Gasteiger partial charge in [-0.2, -0.15) is 5.11 Å². The Labute approximate surface area is 70.9 Å². The van der Waals surface area contributed by atoms with E-state index in [1.165, 1.54) is 0 Å². The van der Waals surface area contributed by atoms with E-state index in [1.54, 1.807) is 0 Å². The number of H-pyrrole nitrogens is 1. The van der Waals surface area contributed by atoms with Gasteiger partial charge in [0.2, 0.25) is 0 Å². The lowest BCUT2D eigenvalue weighted by Gasteiger charge is -1.91. The molecule has 1 heterocycles. The second-order valence-electron chi connectivity index (χ2n) is 2.46. The van der Waals surface area contributed by atoms with Gasteiger partial charge in [0.25, 0.3) is 7.98 Å². The first kappa shape index (κ1) is 7.09. The molecule has 1 N–H and O–H groups in total. The fraction of sp³-hybridized carbons (Fsp3) is 0. The number of benzene rings is 1. The first-order chi connectivity index (χ1) is 5.90. The Balaban J connectivity index is 2.60. The van der Waals surface area contributed by atoms with E-state index in [0.29, 0.717) is 0 Å². The van der Waals surface area contributed by atoms with Crippen LogP contribution in [0.4, 0.5) is 5.69 Å². The molecule has 4 heteroatoms. The standard InChI is InChI=1S/C8H6BN3/c9-12-11-7-2-1-6-3-4-10-8(6)5-7/h1-5,10H. The third-order valence-electron chi connectivity index (χ3n) is 1.71. The Hall–Kier alpha value is -1.58. The number of aromatic amines is 1. The average molecular weight is 155 g/mol. The number of fused-ring (bicyclic) bond motifs is 1. The number of aromatic nitrogens is 1. The van der Waals surface area contributed by atoms with E-state index in [-0.39, 0.29) is 0 Å². The van der Waals surface area contributed by atoms with Crippen LogP contribution in [0, 0.1) is 0 Å². The lowest BCUT2D eigenvalue weighted by atomic mass is 10.2. The van der Waals surface area contributed by atoms with Crippen molar-refractivity contribution >= 4 is 24.6 Å². The van der Waals surface area contributed by atoms with Crippen molar-refractivity contribution in [2.45, 2.75) is 0 Å². The molecule has 0 saturated heterocycles. The first-order valence-corrected chi connectivity index (χ1v) is 3.58. The van der Waals surface area contributed by atoms with Gasteiger partial charge in [0.1, 0.15) is 0 Å². The summed E-state index contributed by atoms with van der Waals surface area (Å²) in [6, 6.07) is 7.73. The van der Waals surface area contributed by atoms with Gasteiger partial charge < -0.3 is 4.98 Å². The van der Waals surface area contributed by atoms with Crippen LogP contribution in [-0.4, -0.2) is 13.0 Å². The summed E-state index contributed by atoms with van der Waals surface area (Å²) in [4.78, 5) is 3.08. The summed E-state index contributed by atoms with van der Waals surface area (Å²) in [6.45, 7) is 0. The van der Waals surface area contributed by atoms with Crippen molar-refractivity contribution in [1.82, 2.24) is 4.98 Å². The Bertz CT molecular complexity index is 419. The third kappa shape index (κ3) is 1.11. The third-order valence-corrected chi connectivity index (χ3v) is 1.71. The van der Waals surface area contributed by atoms with Crippen LogP contribution in [-0.2, 0) is 0 Å². The summed E-state index contributed by atoms with van der Waals surface area (Å²) in [5, 5.41) is 8.09. The molecular formula is C8H6BN3. The highest BCUT2D eigenvalue weighted by molar-refractivity contribution is 6.05. The summed E-state index contributed by atoms with van der Waals surface area (Å²) in [5.41, 5.74) is 1.80. The normalized spacial score (nSPS) is 11.3. The van der Waals surface area contributed by atoms with Crippen LogP contribution in [0.15, 0.2) is 40.6 Å². The van der Waals surface area contributed by atoms with E-state index in [1.807, 2.05) is 30.5 Å². The highest BCUT2D eigenvalue weighted by Crippen LogP contribution is 2.19. The molecule has 0 amide bonds. The maximum absolute atomic E-state index is 4.93. The second kappa shape index (κ2) is 2.81. The highest BCUT2D eigenvalue weighted by Gasteiger charge is 1.94. The zero-order valence-electron chi connectivity index (χ0n) is 6.36. The molecule has 0 unspecified atom stereocenters. The largest absolute Gasteiger partial charge is 0.361 e. The lowest BCUT2D eigenvalue weighted by Crippen LogP contribution is -1.67. The van der Waals surface area contributed by atoms with Crippen LogP contribution in [0.1, 0.15) is 0 Å². The van der Waals surface area contributed by atoms with Crippen LogP contribution < -0.4 is 0 Å². The van der Waals surface area contributed by atoms with E-state index >= 15 is 0 Å². The van der Waals surface area contributed by atoms with E-state index in [9.17, 15) is 0 Å². The summed E-state index contributed by atoms with van der Waals surface area (Å²) in [6.07, 6.45) is 1.88. The van der Waals surface area contributed by atoms with Gasteiger partial charge in [-0.15, -0.1) is 0 Å². The number of rotatable bonds is 1.